The van der Waals surface area contributed by atoms with E-state index in [2.05, 4.69) is 20.3 Å². The normalized spacial score (nSPS) is 10.6. The van der Waals surface area contributed by atoms with Crippen molar-refractivity contribution in [2.24, 2.45) is 21.5 Å². The van der Waals surface area contributed by atoms with Crippen molar-refractivity contribution in [1.82, 2.24) is 9.88 Å². The van der Waals surface area contributed by atoms with Gasteiger partial charge in [-0.2, -0.15) is 0 Å². The molecule has 3 amide bonds. The van der Waals surface area contributed by atoms with Crippen LogP contribution >= 0.6 is 11.3 Å². The fourth-order valence-corrected chi connectivity index (χ4v) is 3.28. The van der Waals surface area contributed by atoms with E-state index in [0.29, 0.717) is 29.4 Å². The molecule has 0 aliphatic heterocycles. The lowest BCUT2D eigenvalue weighted by Crippen LogP contribution is -2.22. The molecule has 0 unspecified atom stereocenters. The predicted octanol–water partition coefficient (Wildman–Crippen LogP) is 1.09. The van der Waals surface area contributed by atoms with Crippen molar-refractivity contribution in [3.8, 4) is 0 Å². The zero-order valence-corrected chi connectivity index (χ0v) is 17.7. The predicted molar refractivity (Wildman–Crippen MR) is 117 cm³/mol. The summed E-state index contributed by atoms with van der Waals surface area (Å²) < 4.78 is 0. The van der Waals surface area contributed by atoms with E-state index in [0.717, 1.165) is 23.1 Å². The molecule has 0 radical (unpaired) electrons. The number of carbonyl (C=O) groups is 3. The summed E-state index contributed by atoms with van der Waals surface area (Å²) in [6.45, 7) is 1.36. The van der Waals surface area contributed by atoms with E-state index in [1.54, 1.807) is 26.2 Å². The Kier molecular flexibility index (Phi) is 7.76. The van der Waals surface area contributed by atoms with Gasteiger partial charge in [-0.15, -0.1) is 0 Å². The first-order chi connectivity index (χ1) is 14.2. The lowest BCUT2D eigenvalue weighted by Gasteiger charge is -2.04. The maximum absolute atomic E-state index is 12.5. The van der Waals surface area contributed by atoms with Gasteiger partial charge in [-0.25, -0.2) is 15.0 Å². The van der Waals surface area contributed by atoms with Gasteiger partial charge in [0.1, 0.15) is 4.88 Å². The molecule has 0 fully saturated rings. The average molecular weight is 430 g/mol. The first-order valence-electron chi connectivity index (χ1n) is 8.91. The fourth-order valence-electron chi connectivity index (χ4n) is 2.33. The minimum Gasteiger partial charge on any atom is -0.370 e. The summed E-state index contributed by atoms with van der Waals surface area (Å²) in [6.07, 6.45) is 1.99. The highest BCUT2D eigenvalue weighted by Crippen LogP contribution is 2.25. The lowest BCUT2D eigenvalue weighted by molar-refractivity contribution is -0.121. The van der Waals surface area contributed by atoms with Gasteiger partial charge in [-0.05, 0) is 30.5 Å². The smallest absolute Gasteiger partial charge is 0.289 e. The topological polar surface area (TPSA) is 156 Å². The molecule has 0 bridgehead atoms. The second-order valence-corrected chi connectivity index (χ2v) is 7.47. The van der Waals surface area contributed by atoms with Gasteiger partial charge in [0.05, 0.1) is 17.6 Å². The Hall–Kier alpha value is -3.60. The van der Waals surface area contributed by atoms with Crippen LogP contribution in [0.1, 0.15) is 27.9 Å². The highest BCUT2D eigenvalue weighted by atomic mass is 32.1. The maximum atomic E-state index is 12.5. The van der Waals surface area contributed by atoms with Gasteiger partial charge in [0.15, 0.2) is 11.1 Å². The van der Waals surface area contributed by atoms with Crippen molar-refractivity contribution in [1.29, 1.82) is 0 Å². The molecule has 0 atom stereocenters. The number of aryl methyl sites for hydroxylation is 2. The summed E-state index contributed by atoms with van der Waals surface area (Å²) >= 11 is 1.02. The maximum Gasteiger partial charge on any atom is 0.289 e. The van der Waals surface area contributed by atoms with E-state index in [-0.39, 0.29) is 16.7 Å². The van der Waals surface area contributed by atoms with Crippen LogP contribution in [-0.2, 0) is 22.4 Å². The van der Waals surface area contributed by atoms with Crippen LogP contribution in [0.4, 0.5) is 10.8 Å². The zero-order valence-electron chi connectivity index (χ0n) is 16.9. The van der Waals surface area contributed by atoms with Gasteiger partial charge in [0, 0.05) is 21.0 Å². The van der Waals surface area contributed by atoms with Crippen molar-refractivity contribution >= 4 is 52.1 Å². The van der Waals surface area contributed by atoms with Crippen LogP contribution in [0.3, 0.4) is 0 Å². The van der Waals surface area contributed by atoms with Gasteiger partial charge in [-0.3, -0.25) is 14.4 Å². The third-order valence-corrected chi connectivity index (χ3v) is 4.75. The van der Waals surface area contributed by atoms with E-state index >= 15 is 0 Å². The van der Waals surface area contributed by atoms with Crippen LogP contribution in [0, 0.1) is 0 Å². The van der Waals surface area contributed by atoms with Gasteiger partial charge in [0.2, 0.25) is 5.91 Å². The lowest BCUT2D eigenvalue weighted by atomic mass is 10.1. The van der Waals surface area contributed by atoms with Crippen LogP contribution in [0.15, 0.2) is 34.3 Å². The number of guanidine groups is 1. The fraction of sp³-hybridized carbons (Fsp3) is 0.263. The van der Waals surface area contributed by atoms with Crippen molar-refractivity contribution in [3.63, 3.8) is 0 Å². The molecule has 1 heterocycles. The molecule has 11 heteroatoms. The first kappa shape index (κ1) is 22.7. The van der Waals surface area contributed by atoms with Gasteiger partial charge in [-0.1, -0.05) is 23.5 Å². The molecule has 30 heavy (non-hydrogen) atoms. The molecular weight excluding hydrogens is 406 g/mol. The molecule has 2 aromatic rings. The average Bonchev–Trinajstić information content (AvgIpc) is 3.06. The molecule has 1 aromatic carbocycles. The Morgan fingerprint density at radius 1 is 1.17 bits per heavy atom. The van der Waals surface area contributed by atoms with Gasteiger partial charge < -0.3 is 21.7 Å². The number of amides is 3. The Bertz CT molecular complexity index is 990. The van der Waals surface area contributed by atoms with Gasteiger partial charge >= 0.3 is 0 Å². The number of hydrogen-bond donors (Lipinski definition) is 3. The molecule has 5 N–H and O–H groups in total. The van der Waals surface area contributed by atoms with Crippen LogP contribution < -0.4 is 16.8 Å². The number of benzene rings is 1. The SMILES string of the molecule is CC(=O)Nc1nc(CCc2ccc(N=C(N)N)cc2)c(C(=O)N=CC(=O)N(C)C)s1. The van der Waals surface area contributed by atoms with Crippen LogP contribution in [0.25, 0.3) is 0 Å². The third kappa shape index (κ3) is 6.78. The number of carbonyl (C=O) groups excluding carboxylic acids is 3. The number of thiazole rings is 1. The summed E-state index contributed by atoms with van der Waals surface area (Å²) in [7, 11) is 3.12. The number of nitrogens with two attached hydrogens (primary N) is 2. The third-order valence-electron chi connectivity index (χ3n) is 3.75. The summed E-state index contributed by atoms with van der Waals surface area (Å²) in [5.74, 6) is -1.31. The molecule has 0 saturated heterocycles. The highest BCUT2D eigenvalue weighted by Gasteiger charge is 2.18. The number of hydrogen-bond acceptors (Lipinski definition) is 6. The quantitative estimate of drug-likeness (QED) is 0.442. The molecule has 1 aromatic heterocycles. The summed E-state index contributed by atoms with van der Waals surface area (Å²) in [5.41, 5.74) is 12.8. The summed E-state index contributed by atoms with van der Waals surface area (Å²) in [6, 6.07) is 7.31. The molecule has 0 spiro atoms. The van der Waals surface area contributed by atoms with Crippen molar-refractivity contribution in [2.45, 2.75) is 19.8 Å². The molecular formula is C19H23N7O3S. The first-order valence-corrected chi connectivity index (χ1v) is 9.73. The Balaban J connectivity index is 2.19. The Morgan fingerprint density at radius 2 is 1.83 bits per heavy atom. The highest BCUT2D eigenvalue weighted by molar-refractivity contribution is 7.17. The molecule has 0 saturated carbocycles. The van der Waals surface area contributed by atoms with E-state index in [1.165, 1.54) is 11.8 Å². The monoisotopic (exact) mass is 429 g/mol. The van der Waals surface area contributed by atoms with E-state index < -0.39 is 11.8 Å². The second-order valence-electron chi connectivity index (χ2n) is 6.48. The molecule has 10 nitrogen and oxygen atoms in total. The zero-order chi connectivity index (χ0) is 22.3. The molecule has 158 valence electrons. The largest absolute Gasteiger partial charge is 0.370 e. The van der Waals surface area contributed by atoms with Crippen LogP contribution in [0.2, 0.25) is 0 Å². The number of rotatable bonds is 7. The van der Waals surface area contributed by atoms with Crippen molar-refractivity contribution in [3.05, 3.63) is 40.4 Å². The number of aliphatic imine (C=N–C) groups is 2. The standard InChI is InChI=1S/C19H23N7O3S/c1-11(27)23-19-25-14(16(30-19)17(29)22-10-15(28)26(2)3)9-6-12-4-7-13(8-5-12)24-18(20)21/h4-5,7-8,10H,6,9H2,1-3H3,(H4,20,21,24)(H,23,25,27). The molecule has 2 rings (SSSR count). The van der Waals surface area contributed by atoms with Crippen molar-refractivity contribution in [2.75, 3.05) is 19.4 Å². The summed E-state index contributed by atoms with van der Waals surface area (Å²) in [4.78, 5) is 49.1. The van der Waals surface area contributed by atoms with E-state index in [1.807, 2.05) is 12.1 Å². The molecule has 0 aliphatic rings. The Morgan fingerprint density at radius 3 is 2.40 bits per heavy atom. The number of nitrogens with zero attached hydrogens (tertiary/aromatic N) is 4. The minimum absolute atomic E-state index is 0.0211. The van der Waals surface area contributed by atoms with E-state index in [4.69, 9.17) is 11.5 Å². The number of anilines is 1. The van der Waals surface area contributed by atoms with E-state index in [9.17, 15) is 14.4 Å². The van der Waals surface area contributed by atoms with Gasteiger partial charge in [0.25, 0.3) is 11.8 Å². The minimum atomic E-state index is -0.586. The van der Waals surface area contributed by atoms with Crippen molar-refractivity contribution < 1.29 is 14.4 Å². The number of aromatic nitrogens is 1. The second kappa shape index (κ2) is 10.3. The summed E-state index contributed by atoms with van der Waals surface area (Å²) in [5, 5.41) is 2.88. The van der Waals surface area contributed by atoms with Crippen LogP contribution in [-0.4, -0.2) is 53.9 Å². The Labute approximate surface area is 177 Å². The van der Waals surface area contributed by atoms with Crippen LogP contribution in [0.5, 0.6) is 0 Å². The molecule has 0 aliphatic carbocycles. The number of nitrogens with one attached hydrogen (secondary N) is 1.